The molecule has 1 unspecified atom stereocenters. The van der Waals surface area contributed by atoms with E-state index in [2.05, 4.69) is 17.8 Å². The predicted octanol–water partition coefficient (Wildman–Crippen LogP) is 0.540. The summed E-state index contributed by atoms with van der Waals surface area (Å²) >= 11 is 1.28. The number of imidazole rings is 1. The fourth-order valence-electron chi connectivity index (χ4n) is 2.34. The minimum Gasteiger partial charge on any atom is -0.388 e. The first-order valence-corrected chi connectivity index (χ1v) is 8.83. The van der Waals surface area contributed by atoms with Crippen LogP contribution in [0.5, 0.6) is 0 Å². The highest BCUT2D eigenvalue weighted by Crippen LogP contribution is 2.46. The molecule has 11 nitrogen and oxygen atoms in total. The molecule has 2 aromatic rings. The molecular formula is C10H13IN5O6P. The van der Waals surface area contributed by atoms with Crippen molar-refractivity contribution in [1.29, 1.82) is 0 Å². The summed E-state index contributed by atoms with van der Waals surface area (Å²) in [7, 11) is -4.10. The van der Waals surface area contributed by atoms with Crippen LogP contribution in [0.15, 0.2) is 12.7 Å². The minimum absolute atomic E-state index is 0.200. The van der Waals surface area contributed by atoms with Crippen LogP contribution in [0, 0.1) is 0 Å². The second-order valence-electron chi connectivity index (χ2n) is 4.87. The van der Waals surface area contributed by atoms with Crippen molar-refractivity contribution in [3.05, 3.63) is 12.7 Å². The van der Waals surface area contributed by atoms with Crippen LogP contribution < -0.4 is 5.73 Å². The number of phosphoric ester groups is 1. The van der Waals surface area contributed by atoms with Gasteiger partial charge in [0.25, 0.3) is 0 Å². The number of aliphatic hydroxyl groups is 1. The number of aromatic nitrogens is 4. The summed E-state index contributed by atoms with van der Waals surface area (Å²) in [6.07, 6.45) is 0.734. The smallest absolute Gasteiger partial charge is 0.388 e. The van der Waals surface area contributed by atoms with Crippen molar-refractivity contribution >= 4 is 47.8 Å². The Morgan fingerprint density at radius 3 is 3.04 bits per heavy atom. The van der Waals surface area contributed by atoms with Crippen molar-refractivity contribution in [3.63, 3.8) is 0 Å². The van der Waals surface area contributed by atoms with Gasteiger partial charge in [-0.25, -0.2) is 22.4 Å². The molecule has 0 aliphatic carbocycles. The predicted molar refractivity (Wildman–Crippen MR) is 85.2 cm³/mol. The van der Waals surface area contributed by atoms with Crippen LogP contribution in [0.1, 0.15) is 12.6 Å². The van der Waals surface area contributed by atoms with Crippen LogP contribution in [-0.4, -0.2) is 48.3 Å². The zero-order valence-corrected chi connectivity index (χ0v) is 14.6. The lowest BCUT2D eigenvalue weighted by molar-refractivity contribution is -0.0476. The van der Waals surface area contributed by atoms with Gasteiger partial charge in [-0.2, -0.15) is 0 Å². The third-order valence-corrected chi connectivity index (χ3v) is 5.48. The molecule has 0 amide bonds. The molecule has 1 saturated heterocycles. The summed E-state index contributed by atoms with van der Waals surface area (Å²) in [6.45, 7) is -0.200. The van der Waals surface area contributed by atoms with Gasteiger partial charge in [-0.05, 0) is 0 Å². The average Bonchev–Trinajstić information content (AvgIpc) is 3.09. The zero-order chi connectivity index (χ0) is 16.6. The first-order chi connectivity index (χ1) is 10.9. The highest BCUT2D eigenvalue weighted by molar-refractivity contribution is 14.1. The Morgan fingerprint density at radius 2 is 2.30 bits per heavy atom. The van der Waals surface area contributed by atoms with E-state index in [1.807, 2.05) is 0 Å². The summed E-state index contributed by atoms with van der Waals surface area (Å²) in [5, 5.41) is 10.2. The molecule has 3 heterocycles. The van der Waals surface area contributed by atoms with Crippen molar-refractivity contribution in [1.82, 2.24) is 19.5 Å². The third kappa shape index (κ3) is 3.47. The number of hydrogen-bond acceptors (Lipinski definition) is 9. The number of nitrogens with two attached hydrogens (primary N) is 1. The maximum Gasteiger partial charge on any atom is 0.481 e. The van der Waals surface area contributed by atoms with E-state index in [-0.39, 0.29) is 18.8 Å². The Morgan fingerprint density at radius 1 is 1.52 bits per heavy atom. The second kappa shape index (κ2) is 6.55. The highest BCUT2D eigenvalue weighted by Gasteiger charge is 2.37. The van der Waals surface area contributed by atoms with Crippen LogP contribution in [-0.2, 0) is 16.7 Å². The van der Waals surface area contributed by atoms with Crippen LogP contribution in [0.2, 0.25) is 0 Å². The zero-order valence-electron chi connectivity index (χ0n) is 11.5. The molecule has 0 saturated carbocycles. The molecule has 0 aromatic carbocycles. The molecule has 0 radical (unpaired) electrons. The van der Waals surface area contributed by atoms with Crippen molar-refractivity contribution in [3.8, 4) is 0 Å². The van der Waals surface area contributed by atoms with Gasteiger partial charge in [-0.15, -0.1) is 0 Å². The lowest BCUT2D eigenvalue weighted by Crippen LogP contribution is -2.19. The Labute approximate surface area is 144 Å². The Bertz CT molecular complexity index is 758. The van der Waals surface area contributed by atoms with Crippen molar-refractivity contribution in [2.45, 2.75) is 24.9 Å². The number of fused-ring (bicyclic) bond motifs is 1. The topological polar surface area (TPSA) is 155 Å². The minimum atomic E-state index is -4.10. The van der Waals surface area contributed by atoms with Gasteiger partial charge >= 0.3 is 7.82 Å². The summed E-state index contributed by atoms with van der Waals surface area (Å²) in [6, 6.07) is 0. The van der Waals surface area contributed by atoms with Gasteiger partial charge in [0.05, 0.1) is 19.0 Å². The van der Waals surface area contributed by atoms with Gasteiger partial charge < -0.3 is 20.5 Å². The van der Waals surface area contributed by atoms with E-state index in [0.717, 1.165) is 0 Å². The molecule has 126 valence electrons. The SMILES string of the molecule is Nc1ncnc2c1ncn2[C@@H]1O[C@H](COP(=O)(O)OI)C[C@H]1O. The Hall–Kier alpha value is -0.890. The van der Waals surface area contributed by atoms with Crippen molar-refractivity contribution in [2.24, 2.45) is 0 Å². The molecule has 0 spiro atoms. The van der Waals surface area contributed by atoms with E-state index in [4.69, 9.17) is 15.0 Å². The van der Waals surface area contributed by atoms with Crippen LogP contribution in [0.3, 0.4) is 0 Å². The van der Waals surface area contributed by atoms with Crippen molar-refractivity contribution in [2.75, 3.05) is 12.3 Å². The quantitative estimate of drug-likeness (QED) is 0.428. The van der Waals surface area contributed by atoms with Crippen LogP contribution >= 0.6 is 30.8 Å². The van der Waals surface area contributed by atoms with Gasteiger partial charge in [0.15, 0.2) is 17.7 Å². The molecule has 4 N–H and O–H groups in total. The maximum absolute atomic E-state index is 11.3. The first-order valence-electron chi connectivity index (χ1n) is 6.45. The molecule has 3 rings (SSSR count). The Balaban J connectivity index is 1.76. The fourth-order valence-corrected chi connectivity index (χ4v) is 3.08. The van der Waals surface area contributed by atoms with E-state index in [1.165, 1.54) is 40.2 Å². The Kier molecular flexibility index (Phi) is 4.83. The summed E-state index contributed by atoms with van der Waals surface area (Å²) in [4.78, 5) is 21.2. The largest absolute Gasteiger partial charge is 0.481 e. The number of aliphatic hydroxyl groups excluding tert-OH is 1. The van der Waals surface area contributed by atoms with E-state index < -0.39 is 26.3 Å². The van der Waals surface area contributed by atoms with Gasteiger partial charge in [0, 0.05) is 6.42 Å². The summed E-state index contributed by atoms with van der Waals surface area (Å²) in [5.74, 6) is 0.224. The molecule has 4 atom stereocenters. The third-order valence-electron chi connectivity index (χ3n) is 3.34. The maximum atomic E-state index is 11.3. The summed E-state index contributed by atoms with van der Waals surface area (Å²) < 4.78 is 27.5. The lowest BCUT2D eigenvalue weighted by Gasteiger charge is -2.17. The van der Waals surface area contributed by atoms with Crippen LogP contribution in [0.25, 0.3) is 11.2 Å². The second-order valence-corrected chi connectivity index (χ2v) is 7.38. The summed E-state index contributed by atoms with van der Waals surface area (Å²) in [5.41, 5.74) is 6.54. The number of rotatable bonds is 5. The van der Waals surface area contributed by atoms with Crippen LogP contribution in [0.4, 0.5) is 5.82 Å². The molecule has 1 fully saturated rings. The number of nitrogens with zero attached hydrogens (tertiary/aromatic N) is 4. The van der Waals surface area contributed by atoms with Gasteiger partial charge in [-0.3, -0.25) is 9.09 Å². The average molecular weight is 457 g/mol. The van der Waals surface area contributed by atoms with E-state index in [0.29, 0.717) is 11.2 Å². The van der Waals surface area contributed by atoms with Gasteiger partial charge in [-0.1, -0.05) is 0 Å². The van der Waals surface area contributed by atoms with Crippen molar-refractivity contribution < 1.29 is 26.7 Å². The molecule has 23 heavy (non-hydrogen) atoms. The molecule has 13 heteroatoms. The number of anilines is 1. The van der Waals surface area contributed by atoms with E-state index >= 15 is 0 Å². The number of nitrogen functional groups attached to an aromatic ring is 1. The first kappa shape index (κ1) is 17.0. The molecule has 0 bridgehead atoms. The van der Waals surface area contributed by atoms with E-state index in [9.17, 15) is 14.6 Å². The molecular weight excluding hydrogens is 444 g/mol. The number of phosphoric acid groups is 1. The fraction of sp³-hybridized carbons (Fsp3) is 0.500. The van der Waals surface area contributed by atoms with E-state index in [1.54, 1.807) is 0 Å². The molecule has 1 aliphatic rings. The van der Waals surface area contributed by atoms with Gasteiger partial charge in [0.2, 0.25) is 0 Å². The normalized spacial score (nSPS) is 27.3. The monoisotopic (exact) mass is 457 g/mol. The number of hydrogen-bond donors (Lipinski definition) is 3. The number of ether oxygens (including phenoxy) is 1. The standard InChI is InChI=1S/C10H13IN5O6P/c11-22-23(18,19)20-2-5-1-6(17)10(21-5)16-4-15-7-8(12)13-3-14-9(7)16/h3-6,10,17H,1-2H2,(H,18,19)(H2,12,13,14)/t5-,6+,10+/m0/s1. The van der Waals surface area contributed by atoms with Gasteiger partial charge in [0.1, 0.15) is 41.0 Å². The molecule has 1 aliphatic heterocycles. The number of halogens is 1. The molecule has 2 aromatic heterocycles. The highest BCUT2D eigenvalue weighted by atomic mass is 127. The lowest BCUT2D eigenvalue weighted by atomic mass is 10.2.